The van der Waals surface area contributed by atoms with E-state index in [0.717, 1.165) is 26.1 Å². The lowest BCUT2D eigenvalue weighted by Gasteiger charge is -2.41. The molecule has 0 saturated heterocycles. The lowest BCUT2D eigenvalue weighted by atomic mass is 10.5. The van der Waals surface area contributed by atoms with Gasteiger partial charge in [0.1, 0.15) is 0 Å². The molecule has 3 nitrogen and oxygen atoms in total. The minimum atomic E-state index is -1.74. The average molecular weight is 443 g/mol. The Morgan fingerprint density at radius 2 is 1.12 bits per heavy atom. The molecule has 0 radical (unpaired) electrons. The van der Waals surface area contributed by atoms with Gasteiger partial charge in [-0.15, -0.1) is 0 Å². The van der Waals surface area contributed by atoms with Crippen LogP contribution in [-0.4, -0.2) is 46.5 Å². The van der Waals surface area contributed by atoms with Gasteiger partial charge in [0.05, 0.1) is 0 Å². The van der Waals surface area contributed by atoms with Crippen molar-refractivity contribution < 1.29 is 13.0 Å². The van der Waals surface area contributed by atoms with E-state index in [-0.39, 0.29) is 22.3 Å². The molecule has 0 aromatic carbocycles. The van der Waals surface area contributed by atoms with E-state index in [1.165, 1.54) is 11.7 Å². The lowest BCUT2D eigenvalue weighted by molar-refractivity contribution is 0.135. The number of rotatable bonds is 12. The molecule has 7 heteroatoms. The van der Waals surface area contributed by atoms with Crippen molar-refractivity contribution in [3.8, 4) is 0 Å². The van der Waals surface area contributed by atoms with Gasteiger partial charge in [-0.25, -0.2) is 0 Å². The van der Waals surface area contributed by atoms with Gasteiger partial charge < -0.3 is 13.0 Å². The molecule has 26 heavy (non-hydrogen) atoms. The molecule has 0 aliphatic carbocycles. The zero-order valence-electron chi connectivity index (χ0n) is 17.5. The van der Waals surface area contributed by atoms with Crippen molar-refractivity contribution in [2.24, 2.45) is 0 Å². The molecule has 1 unspecified atom stereocenters. The van der Waals surface area contributed by atoms with Crippen LogP contribution in [0.2, 0.25) is 70.6 Å². The summed E-state index contributed by atoms with van der Waals surface area (Å²) in [7, 11) is -6.42. The summed E-state index contributed by atoms with van der Waals surface area (Å²) in [6, 6.07) is 1.20. The molecule has 0 fully saturated rings. The minimum Gasteiger partial charge on any atom is -0.456 e. The maximum atomic E-state index is 6.77. The monoisotopic (exact) mass is 442 g/mol. The summed E-state index contributed by atoms with van der Waals surface area (Å²) < 4.78 is 19.1. The molecule has 0 saturated carbocycles. The van der Waals surface area contributed by atoms with Crippen LogP contribution in [0.1, 0.15) is 42.0 Å². The summed E-state index contributed by atoms with van der Waals surface area (Å²) in [5.41, 5.74) is 1.21. The molecule has 0 heterocycles. The molecule has 164 valence electrons. The van der Waals surface area contributed by atoms with Crippen LogP contribution >= 0.6 is 0 Å². The van der Waals surface area contributed by atoms with Crippen molar-refractivity contribution >= 4 is 33.3 Å². The molecule has 0 aromatic heterocycles. The van der Waals surface area contributed by atoms with Crippen LogP contribution < -0.4 is 0 Å². The first-order valence-corrected chi connectivity index (χ1v) is 21.9. The van der Waals surface area contributed by atoms with Gasteiger partial charge in [0.2, 0.25) is 0 Å². The molecule has 0 rings (SSSR count). The highest BCUT2D eigenvalue weighted by atomic mass is 28.5. The van der Waals surface area contributed by atoms with Crippen molar-refractivity contribution in [2.45, 2.75) is 113 Å². The summed E-state index contributed by atoms with van der Waals surface area (Å²) in [5.74, 6) is 0. The standard InChI is InChI=1S/C16H42O3Si4.3CH4/c1-11-13-17-14-12-15-23(10,19-21(5,6)7)16-22(8,9)18-20(2,3)4;;;/h11-16H2,1-10H3;3*1H4. The Labute approximate surface area is 172 Å². The zero-order valence-corrected chi connectivity index (χ0v) is 21.5. The van der Waals surface area contributed by atoms with Gasteiger partial charge in [-0.1, -0.05) is 29.2 Å². The summed E-state index contributed by atoms with van der Waals surface area (Å²) in [6.45, 7) is 25.0. The summed E-state index contributed by atoms with van der Waals surface area (Å²) in [6.07, 6.45) is 2.23. The Morgan fingerprint density at radius 3 is 1.50 bits per heavy atom. The zero-order chi connectivity index (χ0) is 18.4. The molecule has 0 amide bonds. The molecule has 0 spiro atoms. The van der Waals surface area contributed by atoms with Crippen molar-refractivity contribution in [1.82, 2.24) is 0 Å². The highest BCUT2D eigenvalue weighted by Crippen LogP contribution is 2.31. The second-order valence-electron chi connectivity index (χ2n) is 9.53. The van der Waals surface area contributed by atoms with Gasteiger partial charge >= 0.3 is 0 Å². The van der Waals surface area contributed by atoms with Gasteiger partial charge in [-0.05, 0) is 83.5 Å². The normalized spacial score (nSPS) is 14.5. The highest BCUT2D eigenvalue weighted by molar-refractivity contribution is 6.96. The van der Waals surface area contributed by atoms with Crippen LogP contribution in [0.25, 0.3) is 0 Å². The SMILES string of the molecule is C.C.C.CCCOCCC[Si](C)(C[Si](C)(C)O[Si](C)(C)C)O[Si](C)(C)C. The molecular formula is C19H54O3Si4. The second-order valence-corrected chi connectivity index (χ2v) is 27.9. The van der Waals surface area contributed by atoms with Crippen molar-refractivity contribution in [3.63, 3.8) is 0 Å². The molecule has 0 N–H and O–H groups in total. The second kappa shape index (κ2) is 13.8. The molecule has 0 aromatic rings. The van der Waals surface area contributed by atoms with Crippen molar-refractivity contribution in [2.75, 3.05) is 13.2 Å². The Morgan fingerprint density at radius 1 is 0.654 bits per heavy atom. The van der Waals surface area contributed by atoms with Crippen LogP contribution in [0, 0.1) is 0 Å². The smallest absolute Gasteiger partial charge is 0.176 e. The molecule has 0 aliphatic heterocycles. The third-order valence-electron chi connectivity index (χ3n) is 3.28. The summed E-state index contributed by atoms with van der Waals surface area (Å²) in [4.78, 5) is 0. The van der Waals surface area contributed by atoms with E-state index in [4.69, 9.17) is 13.0 Å². The van der Waals surface area contributed by atoms with E-state index in [1.807, 2.05) is 0 Å². The number of ether oxygens (including phenoxy) is 1. The topological polar surface area (TPSA) is 27.7 Å². The van der Waals surface area contributed by atoms with Crippen LogP contribution in [0.3, 0.4) is 0 Å². The Bertz CT molecular complexity index is 339. The van der Waals surface area contributed by atoms with Gasteiger partial charge in [0.25, 0.3) is 0 Å². The minimum absolute atomic E-state index is 0. The predicted molar refractivity (Wildman–Crippen MR) is 133 cm³/mol. The Hall–Kier alpha value is 0.748. The van der Waals surface area contributed by atoms with Crippen LogP contribution in [0.4, 0.5) is 0 Å². The van der Waals surface area contributed by atoms with E-state index < -0.39 is 33.3 Å². The first-order chi connectivity index (χ1) is 10.2. The van der Waals surface area contributed by atoms with E-state index in [2.05, 4.69) is 65.8 Å². The van der Waals surface area contributed by atoms with Crippen molar-refractivity contribution in [3.05, 3.63) is 0 Å². The average Bonchev–Trinajstić information content (AvgIpc) is 2.20. The predicted octanol–water partition coefficient (Wildman–Crippen LogP) is 7.73. The molecule has 0 aliphatic rings. The van der Waals surface area contributed by atoms with E-state index in [1.54, 1.807) is 0 Å². The van der Waals surface area contributed by atoms with E-state index >= 15 is 0 Å². The van der Waals surface area contributed by atoms with Crippen LogP contribution in [0.5, 0.6) is 0 Å². The van der Waals surface area contributed by atoms with Crippen LogP contribution in [0.15, 0.2) is 0 Å². The third-order valence-corrected chi connectivity index (χ3v) is 20.2. The number of hydrogen-bond acceptors (Lipinski definition) is 3. The van der Waals surface area contributed by atoms with E-state index in [9.17, 15) is 0 Å². The molecular weight excluding hydrogens is 389 g/mol. The largest absolute Gasteiger partial charge is 0.456 e. The Kier molecular flexibility index (Phi) is 18.2. The lowest BCUT2D eigenvalue weighted by Crippen LogP contribution is -2.53. The van der Waals surface area contributed by atoms with Gasteiger partial charge in [0, 0.05) is 13.2 Å². The highest BCUT2D eigenvalue weighted by Gasteiger charge is 2.42. The Balaban J connectivity index is -0.000000807. The van der Waals surface area contributed by atoms with E-state index in [0.29, 0.717) is 0 Å². The summed E-state index contributed by atoms with van der Waals surface area (Å²) in [5, 5.41) is 0. The van der Waals surface area contributed by atoms with Gasteiger partial charge in [-0.2, -0.15) is 0 Å². The number of hydrogen-bond donors (Lipinski definition) is 0. The molecule has 0 bridgehead atoms. The van der Waals surface area contributed by atoms with Crippen LogP contribution in [-0.2, 0) is 13.0 Å². The maximum absolute atomic E-state index is 6.77. The first kappa shape index (κ1) is 34.3. The third kappa shape index (κ3) is 19.5. The van der Waals surface area contributed by atoms with Crippen molar-refractivity contribution in [1.29, 1.82) is 0 Å². The fourth-order valence-corrected chi connectivity index (χ4v) is 27.1. The fourth-order valence-electron chi connectivity index (χ4n) is 3.47. The summed E-state index contributed by atoms with van der Waals surface area (Å²) >= 11 is 0. The first-order valence-electron chi connectivity index (χ1n) is 9.16. The van der Waals surface area contributed by atoms with Gasteiger partial charge in [0.15, 0.2) is 33.3 Å². The maximum Gasteiger partial charge on any atom is 0.176 e. The molecule has 1 atom stereocenters. The fraction of sp³-hybridized carbons (Fsp3) is 1.00. The quantitative estimate of drug-likeness (QED) is 0.228. The van der Waals surface area contributed by atoms with Gasteiger partial charge in [-0.3, -0.25) is 0 Å².